The van der Waals surface area contributed by atoms with Gasteiger partial charge in [0.25, 0.3) is 5.56 Å². The standard InChI is InChI=1S/C12H8Cl2N2O/c1-2-3-4-16-7-15-11-9(12(16)17)5-8(13)6-10(11)14/h5-7H,4H2,1H3. The van der Waals surface area contributed by atoms with Gasteiger partial charge < -0.3 is 0 Å². The molecule has 3 nitrogen and oxygen atoms in total. The largest absolute Gasteiger partial charge is 0.287 e. The van der Waals surface area contributed by atoms with Crippen molar-refractivity contribution in [2.24, 2.45) is 0 Å². The second-order valence-corrected chi connectivity index (χ2v) is 4.23. The molecule has 2 rings (SSSR count). The summed E-state index contributed by atoms with van der Waals surface area (Å²) in [6.45, 7) is 2.02. The molecule has 0 radical (unpaired) electrons. The summed E-state index contributed by atoms with van der Waals surface area (Å²) in [5, 5.41) is 1.20. The van der Waals surface area contributed by atoms with Gasteiger partial charge >= 0.3 is 0 Å². The highest BCUT2D eigenvalue weighted by Gasteiger charge is 2.08. The van der Waals surface area contributed by atoms with Gasteiger partial charge in [0.1, 0.15) is 0 Å². The van der Waals surface area contributed by atoms with Crippen molar-refractivity contribution < 1.29 is 0 Å². The number of fused-ring (bicyclic) bond motifs is 1. The molecule has 0 N–H and O–H groups in total. The van der Waals surface area contributed by atoms with E-state index in [2.05, 4.69) is 16.8 Å². The lowest BCUT2D eigenvalue weighted by molar-refractivity contribution is 0.782. The quantitative estimate of drug-likeness (QED) is 0.744. The molecule has 0 saturated carbocycles. The molecule has 0 aliphatic heterocycles. The number of rotatable bonds is 1. The van der Waals surface area contributed by atoms with Crippen LogP contribution >= 0.6 is 23.2 Å². The highest BCUT2D eigenvalue weighted by Crippen LogP contribution is 2.23. The zero-order valence-corrected chi connectivity index (χ0v) is 10.5. The average Bonchev–Trinajstić information content (AvgIpc) is 2.29. The Labute approximate surface area is 108 Å². The first kappa shape index (κ1) is 12.0. The van der Waals surface area contributed by atoms with Crippen LogP contribution < -0.4 is 5.56 Å². The Balaban J connectivity index is 2.73. The predicted molar refractivity (Wildman–Crippen MR) is 69.5 cm³/mol. The number of hydrogen-bond donors (Lipinski definition) is 0. The number of nitrogens with zero attached hydrogens (tertiary/aromatic N) is 2. The molecule has 0 saturated heterocycles. The maximum absolute atomic E-state index is 12.1. The summed E-state index contributed by atoms with van der Waals surface area (Å²) in [7, 11) is 0. The maximum atomic E-state index is 12.1. The minimum absolute atomic E-state index is 0.192. The van der Waals surface area contributed by atoms with E-state index in [0.717, 1.165) is 0 Å². The van der Waals surface area contributed by atoms with Gasteiger partial charge in [-0.2, -0.15) is 0 Å². The van der Waals surface area contributed by atoms with Gasteiger partial charge in [-0.15, -0.1) is 5.92 Å². The fraction of sp³-hybridized carbons (Fsp3) is 0.167. The Morgan fingerprint density at radius 3 is 2.88 bits per heavy atom. The van der Waals surface area contributed by atoms with Crippen LogP contribution in [0.15, 0.2) is 23.3 Å². The van der Waals surface area contributed by atoms with Crippen LogP contribution in [0, 0.1) is 11.8 Å². The fourth-order valence-corrected chi connectivity index (χ4v) is 2.01. The van der Waals surface area contributed by atoms with Crippen LogP contribution in [-0.4, -0.2) is 9.55 Å². The molecule has 86 valence electrons. The second kappa shape index (κ2) is 4.79. The summed E-state index contributed by atoms with van der Waals surface area (Å²) < 4.78 is 1.42. The Morgan fingerprint density at radius 2 is 2.18 bits per heavy atom. The SMILES string of the molecule is CC#CCn1cnc2c(Cl)cc(Cl)cc2c1=O. The first-order chi connectivity index (χ1) is 8.13. The van der Waals surface area contributed by atoms with E-state index in [4.69, 9.17) is 23.2 Å². The lowest BCUT2D eigenvalue weighted by Gasteiger charge is -2.04. The van der Waals surface area contributed by atoms with E-state index in [1.807, 2.05) is 0 Å². The van der Waals surface area contributed by atoms with E-state index in [1.165, 1.54) is 10.9 Å². The van der Waals surface area contributed by atoms with Crippen LogP contribution in [-0.2, 0) is 6.54 Å². The first-order valence-electron chi connectivity index (χ1n) is 4.87. The molecular formula is C12H8Cl2N2O. The third-order valence-corrected chi connectivity index (χ3v) is 2.78. The van der Waals surface area contributed by atoms with E-state index in [0.29, 0.717) is 27.5 Å². The average molecular weight is 267 g/mol. The Hall–Kier alpha value is -1.50. The van der Waals surface area contributed by atoms with Gasteiger partial charge in [-0.05, 0) is 19.1 Å². The van der Waals surface area contributed by atoms with E-state index >= 15 is 0 Å². The summed E-state index contributed by atoms with van der Waals surface area (Å²) >= 11 is 11.8. The lowest BCUT2D eigenvalue weighted by atomic mass is 10.2. The van der Waals surface area contributed by atoms with Gasteiger partial charge in [-0.3, -0.25) is 9.36 Å². The van der Waals surface area contributed by atoms with Crippen LogP contribution in [0.2, 0.25) is 10.0 Å². The van der Waals surface area contributed by atoms with Crippen LogP contribution in [0.25, 0.3) is 10.9 Å². The Morgan fingerprint density at radius 1 is 1.41 bits per heavy atom. The maximum Gasteiger partial charge on any atom is 0.262 e. The monoisotopic (exact) mass is 266 g/mol. The number of aromatic nitrogens is 2. The molecule has 1 heterocycles. The van der Waals surface area contributed by atoms with Crippen molar-refractivity contribution in [3.63, 3.8) is 0 Å². The molecular weight excluding hydrogens is 259 g/mol. The highest BCUT2D eigenvalue weighted by molar-refractivity contribution is 6.38. The molecule has 2 aromatic rings. The summed E-state index contributed by atoms with van der Waals surface area (Å²) in [6, 6.07) is 3.13. The molecule has 0 spiro atoms. The van der Waals surface area contributed by atoms with Crippen molar-refractivity contribution in [3.8, 4) is 11.8 Å². The molecule has 1 aromatic carbocycles. The molecule has 0 amide bonds. The third-order valence-electron chi connectivity index (χ3n) is 2.27. The molecule has 1 aromatic heterocycles. The molecule has 5 heteroatoms. The molecule has 0 atom stereocenters. The van der Waals surface area contributed by atoms with Gasteiger partial charge in [0, 0.05) is 5.02 Å². The second-order valence-electron chi connectivity index (χ2n) is 3.39. The van der Waals surface area contributed by atoms with Gasteiger partial charge in [-0.25, -0.2) is 4.98 Å². The summed E-state index contributed by atoms with van der Waals surface area (Å²) in [4.78, 5) is 16.2. The van der Waals surface area contributed by atoms with Crippen molar-refractivity contribution in [1.29, 1.82) is 0 Å². The predicted octanol–water partition coefficient (Wildman–Crippen LogP) is 2.73. The van der Waals surface area contributed by atoms with Gasteiger partial charge in [0.2, 0.25) is 0 Å². The highest BCUT2D eigenvalue weighted by atomic mass is 35.5. The minimum atomic E-state index is -0.192. The normalized spacial score (nSPS) is 10.1. The van der Waals surface area contributed by atoms with Crippen molar-refractivity contribution in [3.05, 3.63) is 38.9 Å². The van der Waals surface area contributed by atoms with Crippen molar-refractivity contribution in [2.75, 3.05) is 0 Å². The molecule has 0 aliphatic carbocycles. The van der Waals surface area contributed by atoms with E-state index in [-0.39, 0.29) is 5.56 Å². The van der Waals surface area contributed by atoms with Crippen LogP contribution in [0.5, 0.6) is 0 Å². The number of halogens is 2. The molecule has 17 heavy (non-hydrogen) atoms. The summed E-state index contributed by atoms with van der Waals surface area (Å²) in [5.41, 5.74) is 0.268. The number of benzene rings is 1. The van der Waals surface area contributed by atoms with Gasteiger partial charge in [0.15, 0.2) is 0 Å². The van der Waals surface area contributed by atoms with Crippen LogP contribution in [0.3, 0.4) is 0 Å². The summed E-state index contributed by atoms with van der Waals surface area (Å²) in [6.07, 6.45) is 1.44. The van der Waals surface area contributed by atoms with Gasteiger partial charge in [-0.1, -0.05) is 29.1 Å². The summed E-state index contributed by atoms with van der Waals surface area (Å²) in [5.74, 6) is 5.53. The Kier molecular flexibility index (Phi) is 3.37. The minimum Gasteiger partial charge on any atom is -0.287 e. The molecule has 0 unspecified atom stereocenters. The smallest absolute Gasteiger partial charge is 0.262 e. The van der Waals surface area contributed by atoms with Crippen LogP contribution in [0.1, 0.15) is 6.92 Å². The van der Waals surface area contributed by atoms with E-state index in [9.17, 15) is 4.79 Å². The van der Waals surface area contributed by atoms with Crippen molar-refractivity contribution >= 4 is 34.1 Å². The molecule has 0 aliphatic rings. The Bertz CT molecular complexity index is 695. The van der Waals surface area contributed by atoms with Crippen molar-refractivity contribution in [1.82, 2.24) is 9.55 Å². The van der Waals surface area contributed by atoms with Crippen LogP contribution in [0.4, 0.5) is 0 Å². The topological polar surface area (TPSA) is 34.9 Å². The number of hydrogen-bond acceptors (Lipinski definition) is 2. The zero-order valence-electron chi connectivity index (χ0n) is 9.00. The zero-order chi connectivity index (χ0) is 12.4. The molecule has 0 bridgehead atoms. The molecule has 0 fully saturated rings. The third kappa shape index (κ3) is 2.28. The van der Waals surface area contributed by atoms with E-state index in [1.54, 1.807) is 19.1 Å². The lowest BCUT2D eigenvalue weighted by Crippen LogP contribution is -2.20. The van der Waals surface area contributed by atoms with Crippen molar-refractivity contribution in [2.45, 2.75) is 13.5 Å². The van der Waals surface area contributed by atoms with Gasteiger partial charge in [0.05, 0.1) is 28.8 Å². The van der Waals surface area contributed by atoms with E-state index < -0.39 is 0 Å². The fourth-order valence-electron chi connectivity index (χ4n) is 1.47. The first-order valence-corrected chi connectivity index (χ1v) is 5.63.